The molecular weight excluding hydrogens is 396 g/mol. The third-order valence-corrected chi connectivity index (χ3v) is 5.33. The van der Waals surface area contributed by atoms with Gasteiger partial charge in [0, 0.05) is 24.4 Å². The van der Waals surface area contributed by atoms with Crippen LogP contribution in [0.5, 0.6) is 11.5 Å². The van der Waals surface area contributed by atoms with Crippen LogP contribution >= 0.6 is 0 Å². The molecule has 0 unspecified atom stereocenters. The molecule has 0 fully saturated rings. The van der Waals surface area contributed by atoms with Gasteiger partial charge in [-0.05, 0) is 18.6 Å². The summed E-state index contributed by atoms with van der Waals surface area (Å²) in [5.74, 6) is 0.992. The number of amides is 1. The summed E-state index contributed by atoms with van der Waals surface area (Å²) in [5.41, 5.74) is 2.46. The summed E-state index contributed by atoms with van der Waals surface area (Å²) >= 11 is 0. The monoisotopic (exact) mass is 420 g/mol. The summed E-state index contributed by atoms with van der Waals surface area (Å²) in [5, 5.41) is 3.73. The first kappa shape index (κ1) is 20.5. The van der Waals surface area contributed by atoms with Gasteiger partial charge in [0.05, 0.1) is 32.1 Å². The second-order valence-electron chi connectivity index (χ2n) is 7.29. The number of hydrogen-bond acceptors (Lipinski definition) is 5. The predicted octanol–water partition coefficient (Wildman–Crippen LogP) is 3.16. The first-order valence-corrected chi connectivity index (χ1v) is 9.99. The topological polar surface area (TPSA) is 98.2 Å². The Morgan fingerprint density at radius 1 is 1.16 bits per heavy atom. The van der Waals surface area contributed by atoms with Crippen molar-refractivity contribution in [1.82, 2.24) is 19.9 Å². The number of H-pyrrole nitrogens is 1. The van der Waals surface area contributed by atoms with E-state index in [1.807, 2.05) is 37.3 Å². The van der Waals surface area contributed by atoms with Crippen LogP contribution in [0.25, 0.3) is 21.9 Å². The number of hydrogen-bond donors (Lipinski definition) is 2. The zero-order valence-corrected chi connectivity index (χ0v) is 17.6. The average molecular weight is 420 g/mol. The molecule has 1 atom stereocenters. The molecule has 160 valence electrons. The molecule has 4 rings (SSSR count). The highest BCUT2D eigenvalue weighted by molar-refractivity contribution is 6.05. The fourth-order valence-corrected chi connectivity index (χ4v) is 3.64. The summed E-state index contributed by atoms with van der Waals surface area (Å²) < 4.78 is 12.1. The standard InChI is InChI=1S/C23H24N4O4/c1-14(15-7-5-4-6-8-15)25-20(28)9-10-27-13-24-21-16-11-18(30-2)19(31-3)12-17(16)26-22(21)23(27)29/h4-8,11-14,26H,9-10H2,1-3H3,(H,25,28)/t14-/m1/s1. The van der Waals surface area contributed by atoms with Crippen LogP contribution in [0.4, 0.5) is 0 Å². The van der Waals surface area contributed by atoms with E-state index < -0.39 is 0 Å². The van der Waals surface area contributed by atoms with Gasteiger partial charge in [-0.1, -0.05) is 30.3 Å². The number of rotatable bonds is 7. The molecule has 0 aliphatic heterocycles. The van der Waals surface area contributed by atoms with Crippen LogP contribution < -0.4 is 20.3 Å². The van der Waals surface area contributed by atoms with Gasteiger partial charge >= 0.3 is 0 Å². The summed E-state index contributed by atoms with van der Waals surface area (Å²) in [4.78, 5) is 32.9. The second-order valence-corrected chi connectivity index (χ2v) is 7.29. The number of benzene rings is 2. The SMILES string of the molecule is COc1cc2[nH]c3c(=O)n(CCC(=O)N[C@H](C)c4ccccc4)cnc3c2cc1OC. The maximum absolute atomic E-state index is 13.0. The Bertz CT molecular complexity index is 1290. The summed E-state index contributed by atoms with van der Waals surface area (Å²) in [6.07, 6.45) is 1.65. The van der Waals surface area contributed by atoms with E-state index in [-0.39, 0.29) is 30.5 Å². The van der Waals surface area contributed by atoms with Crippen molar-refractivity contribution in [2.75, 3.05) is 14.2 Å². The minimum atomic E-state index is -0.233. The molecule has 8 heteroatoms. The van der Waals surface area contributed by atoms with Gasteiger partial charge in [0.15, 0.2) is 11.5 Å². The van der Waals surface area contributed by atoms with Crippen LogP contribution in [0.2, 0.25) is 0 Å². The molecule has 0 aliphatic carbocycles. The Labute approximate surface area is 178 Å². The Morgan fingerprint density at radius 2 is 1.87 bits per heavy atom. The highest BCUT2D eigenvalue weighted by Crippen LogP contribution is 2.34. The van der Waals surface area contributed by atoms with E-state index in [1.54, 1.807) is 26.4 Å². The summed E-state index contributed by atoms with van der Waals surface area (Å²) in [6.45, 7) is 2.16. The highest BCUT2D eigenvalue weighted by Gasteiger charge is 2.15. The summed E-state index contributed by atoms with van der Waals surface area (Å²) in [6, 6.07) is 13.2. The van der Waals surface area contributed by atoms with Crippen LogP contribution in [-0.4, -0.2) is 34.7 Å². The molecule has 31 heavy (non-hydrogen) atoms. The largest absolute Gasteiger partial charge is 0.493 e. The van der Waals surface area contributed by atoms with Crippen LogP contribution in [0, 0.1) is 0 Å². The maximum Gasteiger partial charge on any atom is 0.277 e. The third kappa shape index (κ3) is 3.96. The summed E-state index contributed by atoms with van der Waals surface area (Å²) in [7, 11) is 3.11. The quantitative estimate of drug-likeness (QED) is 0.479. The van der Waals surface area contributed by atoms with Crippen LogP contribution in [0.1, 0.15) is 24.9 Å². The van der Waals surface area contributed by atoms with Crippen LogP contribution in [0.15, 0.2) is 53.6 Å². The normalized spacial score (nSPS) is 12.1. The van der Waals surface area contributed by atoms with Gasteiger partial charge in [-0.25, -0.2) is 4.98 Å². The number of aryl methyl sites for hydroxylation is 1. The number of nitrogens with zero attached hydrogens (tertiary/aromatic N) is 2. The lowest BCUT2D eigenvalue weighted by Gasteiger charge is -2.14. The Kier molecular flexibility index (Phi) is 5.62. The molecule has 0 aliphatic rings. The van der Waals surface area contributed by atoms with Crippen LogP contribution in [0.3, 0.4) is 0 Å². The van der Waals surface area contributed by atoms with Gasteiger partial charge in [0.2, 0.25) is 5.91 Å². The number of fused-ring (bicyclic) bond motifs is 3. The molecule has 0 bridgehead atoms. The van der Waals surface area contributed by atoms with Crippen LogP contribution in [-0.2, 0) is 11.3 Å². The van der Waals surface area contributed by atoms with Crippen molar-refractivity contribution in [1.29, 1.82) is 0 Å². The van der Waals surface area contributed by atoms with E-state index in [9.17, 15) is 9.59 Å². The fraction of sp³-hybridized carbons (Fsp3) is 0.261. The predicted molar refractivity (Wildman–Crippen MR) is 119 cm³/mol. The first-order valence-electron chi connectivity index (χ1n) is 9.99. The number of methoxy groups -OCH3 is 2. The van der Waals surface area contributed by atoms with Gasteiger partial charge in [-0.2, -0.15) is 0 Å². The smallest absolute Gasteiger partial charge is 0.277 e. The number of carbonyl (C=O) groups is 1. The van der Waals surface area contributed by atoms with Gasteiger partial charge in [-0.15, -0.1) is 0 Å². The molecule has 2 aromatic heterocycles. The number of aromatic nitrogens is 3. The first-order chi connectivity index (χ1) is 15.0. The lowest BCUT2D eigenvalue weighted by molar-refractivity contribution is -0.121. The molecule has 8 nitrogen and oxygen atoms in total. The minimum Gasteiger partial charge on any atom is -0.493 e. The molecule has 0 saturated carbocycles. The highest BCUT2D eigenvalue weighted by atomic mass is 16.5. The van der Waals surface area contributed by atoms with Crippen molar-refractivity contribution >= 4 is 27.8 Å². The van der Waals surface area contributed by atoms with Gasteiger partial charge in [0.25, 0.3) is 5.56 Å². The minimum absolute atomic E-state index is 0.107. The lowest BCUT2D eigenvalue weighted by atomic mass is 10.1. The van der Waals surface area contributed by atoms with E-state index >= 15 is 0 Å². The molecule has 0 saturated heterocycles. The Balaban J connectivity index is 1.54. The van der Waals surface area contributed by atoms with Gasteiger partial charge < -0.3 is 19.8 Å². The second kappa shape index (κ2) is 8.51. The van der Waals surface area contributed by atoms with E-state index in [1.165, 1.54) is 10.9 Å². The third-order valence-electron chi connectivity index (χ3n) is 5.33. The Hall–Kier alpha value is -3.81. The number of ether oxygens (including phenoxy) is 2. The molecule has 2 N–H and O–H groups in total. The molecule has 0 spiro atoms. The number of aromatic amines is 1. The number of nitrogens with one attached hydrogen (secondary N) is 2. The van der Waals surface area contributed by atoms with Crippen molar-refractivity contribution in [3.8, 4) is 11.5 Å². The molecule has 2 aromatic carbocycles. The van der Waals surface area contributed by atoms with Crippen molar-refractivity contribution in [2.45, 2.75) is 25.9 Å². The fourth-order valence-electron chi connectivity index (χ4n) is 3.64. The molecular formula is C23H24N4O4. The van der Waals surface area contributed by atoms with E-state index in [0.29, 0.717) is 22.5 Å². The maximum atomic E-state index is 13.0. The lowest BCUT2D eigenvalue weighted by Crippen LogP contribution is -2.29. The van der Waals surface area contributed by atoms with Crippen molar-refractivity contribution in [3.63, 3.8) is 0 Å². The van der Waals surface area contributed by atoms with E-state index in [4.69, 9.17) is 9.47 Å². The van der Waals surface area contributed by atoms with Crippen molar-refractivity contribution in [2.24, 2.45) is 0 Å². The van der Waals surface area contributed by atoms with E-state index in [2.05, 4.69) is 15.3 Å². The average Bonchev–Trinajstić information content (AvgIpc) is 3.16. The van der Waals surface area contributed by atoms with E-state index in [0.717, 1.165) is 16.5 Å². The molecule has 4 aromatic rings. The van der Waals surface area contributed by atoms with Crippen molar-refractivity contribution in [3.05, 3.63) is 64.7 Å². The molecule has 0 radical (unpaired) electrons. The molecule has 1 amide bonds. The van der Waals surface area contributed by atoms with Crippen molar-refractivity contribution < 1.29 is 14.3 Å². The Morgan fingerprint density at radius 3 is 2.58 bits per heavy atom. The van der Waals surface area contributed by atoms with Gasteiger partial charge in [0.1, 0.15) is 11.0 Å². The zero-order valence-electron chi connectivity index (χ0n) is 17.6. The van der Waals surface area contributed by atoms with Gasteiger partial charge in [-0.3, -0.25) is 14.2 Å². The number of carbonyl (C=O) groups excluding carboxylic acids is 1. The molecule has 2 heterocycles. The zero-order chi connectivity index (χ0) is 22.0.